The van der Waals surface area contributed by atoms with Crippen LogP contribution < -0.4 is 4.74 Å². The SMILES string of the molecule is COc1ccc(C#CCO)c(CN2CCC(N(C)C)C2)c1. The Morgan fingerprint density at radius 1 is 1.43 bits per heavy atom. The second-order valence-electron chi connectivity index (χ2n) is 5.62. The van der Waals surface area contributed by atoms with Gasteiger partial charge in [0, 0.05) is 31.2 Å². The number of ether oxygens (including phenoxy) is 1. The highest BCUT2D eigenvalue weighted by Crippen LogP contribution is 2.22. The lowest BCUT2D eigenvalue weighted by Gasteiger charge is -2.21. The Bertz CT molecular complexity index is 531. The van der Waals surface area contributed by atoms with Gasteiger partial charge in [0.2, 0.25) is 0 Å². The van der Waals surface area contributed by atoms with Crippen LogP contribution in [0, 0.1) is 11.8 Å². The van der Waals surface area contributed by atoms with Crippen molar-refractivity contribution in [3.8, 4) is 17.6 Å². The van der Waals surface area contributed by atoms with E-state index in [0.717, 1.165) is 36.5 Å². The van der Waals surface area contributed by atoms with Crippen LogP contribution in [0.15, 0.2) is 18.2 Å². The van der Waals surface area contributed by atoms with Crippen LogP contribution in [0.25, 0.3) is 0 Å². The minimum absolute atomic E-state index is 0.113. The van der Waals surface area contributed by atoms with E-state index in [-0.39, 0.29) is 6.61 Å². The van der Waals surface area contributed by atoms with E-state index in [0.29, 0.717) is 6.04 Å². The lowest BCUT2D eigenvalue weighted by Crippen LogP contribution is -2.31. The third-order valence-electron chi connectivity index (χ3n) is 3.99. The maximum atomic E-state index is 8.89. The van der Waals surface area contributed by atoms with Gasteiger partial charge in [0.25, 0.3) is 0 Å². The molecule has 21 heavy (non-hydrogen) atoms. The van der Waals surface area contributed by atoms with Crippen molar-refractivity contribution >= 4 is 0 Å². The summed E-state index contributed by atoms with van der Waals surface area (Å²) in [5, 5.41) is 8.89. The standard InChI is InChI=1S/C17H24N2O2/c1-18(2)16-8-9-19(13-16)12-15-11-17(21-3)7-6-14(15)5-4-10-20/h6-7,11,16,20H,8-10,12-13H2,1-3H3. The van der Waals surface area contributed by atoms with E-state index in [1.807, 2.05) is 18.2 Å². The number of nitrogens with zero attached hydrogens (tertiary/aromatic N) is 2. The first-order chi connectivity index (χ1) is 10.1. The van der Waals surface area contributed by atoms with Crippen LogP contribution in [-0.4, -0.2) is 61.8 Å². The molecule has 2 rings (SSSR count). The number of hydrogen-bond donors (Lipinski definition) is 1. The minimum Gasteiger partial charge on any atom is -0.497 e. The molecule has 1 aliphatic heterocycles. The van der Waals surface area contributed by atoms with Crippen LogP contribution in [0.2, 0.25) is 0 Å². The maximum Gasteiger partial charge on any atom is 0.119 e. The molecule has 1 heterocycles. The Morgan fingerprint density at radius 3 is 2.86 bits per heavy atom. The molecule has 4 heteroatoms. The predicted molar refractivity (Wildman–Crippen MR) is 84.3 cm³/mol. The van der Waals surface area contributed by atoms with E-state index in [4.69, 9.17) is 9.84 Å². The Morgan fingerprint density at radius 2 is 2.24 bits per heavy atom. The summed E-state index contributed by atoms with van der Waals surface area (Å²) in [5.74, 6) is 6.61. The number of rotatable bonds is 4. The third kappa shape index (κ3) is 4.21. The quantitative estimate of drug-likeness (QED) is 0.844. The minimum atomic E-state index is -0.113. The number of hydrogen-bond acceptors (Lipinski definition) is 4. The van der Waals surface area contributed by atoms with Crippen LogP contribution in [0.3, 0.4) is 0 Å². The van der Waals surface area contributed by atoms with Crippen LogP contribution >= 0.6 is 0 Å². The van der Waals surface area contributed by atoms with Crippen molar-refractivity contribution in [3.63, 3.8) is 0 Å². The predicted octanol–water partition coefficient (Wildman–Crippen LogP) is 1.17. The molecule has 0 spiro atoms. The average molecular weight is 288 g/mol. The zero-order valence-electron chi connectivity index (χ0n) is 13.1. The molecule has 1 fully saturated rings. The summed E-state index contributed by atoms with van der Waals surface area (Å²) in [5.41, 5.74) is 2.13. The molecule has 0 bridgehead atoms. The normalized spacial score (nSPS) is 18.6. The summed E-state index contributed by atoms with van der Waals surface area (Å²) >= 11 is 0. The zero-order valence-corrected chi connectivity index (χ0v) is 13.1. The van der Waals surface area contributed by atoms with Gasteiger partial charge in [-0.15, -0.1) is 0 Å². The first-order valence-corrected chi connectivity index (χ1v) is 7.29. The second kappa shape index (κ2) is 7.46. The van der Waals surface area contributed by atoms with E-state index in [2.05, 4.69) is 35.7 Å². The zero-order chi connectivity index (χ0) is 15.2. The Labute approximate surface area is 127 Å². The van der Waals surface area contributed by atoms with Crippen molar-refractivity contribution in [2.75, 3.05) is 40.9 Å². The van der Waals surface area contributed by atoms with Gasteiger partial charge < -0.3 is 14.7 Å². The molecule has 1 aliphatic rings. The van der Waals surface area contributed by atoms with Crippen molar-refractivity contribution in [2.24, 2.45) is 0 Å². The number of likely N-dealkylation sites (tertiary alicyclic amines) is 1. The molecule has 0 aromatic heterocycles. The van der Waals surface area contributed by atoms with E-state index in [1.165, 1.54) is 6.42 Å². The van der Waals surface area contributed by atoms with E-state index in [1.54, 1.807) is 7.11 Å². The summed E-state index contributed by atoms with van der Waals surface area (Å²) < 4.78 is 5.31. The highest BCUT2D eigenvalue weighted by molar-refractivity contribution is 5.45. The molecule has 1 atom stereocenters. The van der Waals surface area contributed by atoms with E-state index < -0.39 is 0 Å². The summed E-state index contributed by atoms with van der Waals surface area (Å²) in [6.45, 7) is 2.94. The van der Waals surface area contributed by atoms with Gasteiger partial charge in [-0.3, -0.25) is 4.90 Å². The molecular formula is C17H24N2O2. The topological polar surface area (TPSA) is 35.9 Å². The monoisotopic (exact) mass is 288 g/mol. The van der Waals surface area contributed by atoms with Gasteiger partial charge in [0.05, 0.1) is 7.11 Å². The molecule has 1 unspecified atom stereocenters. The van der Waals surface area contributed by atoms with Crippen molar-refractivity contribution in [3.05, 3.63) is 29.3 Å². The summed E-state index contributed by atoms with van der Waals surface area (Å²) in [7, 11) is 5.95. The van der Waals surface area contributed by atoms with Gasteiger partial charge in [-0.05, 0) is 44.3 Å². The second-order valence-corrected chi connectivity index (χ2v) is 5.62. The lowest BCUT2D eigenvalue weighted by atomic mass is 10.1. The first kappa shape index (κ1) is 15.8. The van der Waals surface area contributed by atoms with Gasteiger partial charge >= 0.3 is 0 Å². The summed E-state index contributed by atoms with van der Waals surface area (Å²) in [4.78, 5) is 4.74. The smallest absolute Gasteiger partial charge is 0.119 e. The van der Waals surface area contributed by atoms with Crippen molar-refractivity contribution in [1.82, 2.24) is 9.80 Å². The fraction of sp³-hybridized carbons (Fsp3) is 0.529. The maximum absolute atomic E-state index is 8.89. The Kier molecular flexibility index (Phi) is 5.63. The number of aliphatic hydroxyl groups is 1. The van der Waals surface area contributed by atoms with Crippen LogP contribution in [0.5, 0.6) is 5.75 Å². The molecule has 0 radical (unpaired) electrons. The fourth-order valence-corrected chi connectivity index (χ4v) is 2.70. The molecule has 1 aromatic rings. The largest absolute Gasteiger partial charge is 0.497 e. The Balaban J connectivity index is 2.14. The van der Waals surface area contributed by atoms with Gasteiger partial charge in [0.15, 0.2) is 0 Å². The molecule has 0 saturated carbocycles. The van der Waals surface area contributed by atoms with E-state index in [9.17, 15) is 0 Å². The van der Waals surface area contributed by atoms with Crippen LogP contribution in [-0.2, 0) is 6.54 Å². The van der Waals surface area contributed by atoms with Gasteiger partial charge in [-0.25, -0.2) is 0 Å². The number of aliphatic hydroxyl groups excluding tert-OH is 1. The lowest BCUT2D eigenvalue weighted by molar-refractivity contribution is 0.264. The van der Waals surface area contributed by atoms with Crippen molar-refractivity contribution in [2.45, 2.75) is 19.0 Å². The highest BCUT2D eigenvalue weighted by atomic mass is 16.5. The van der Waals surface area contributed by atoms with Crippen LogP contribution in [0.4, 0.5) is 0 Å². The van der Waals surface area contributed by atoms with E-state index >= 15 is 0 Å². The molecular weight excluding hydrogens is 264 g/mol. The molecule has 0 aliphatic carbocycles. The molecule has 1 N–H and O–H groups in total. The highest BCUT2D eigenvalue weighted by Gasteiger charge is 2.24. The fourth-order valence-electron chi connectivity index (χ4n) is 2.70. The molecule has 0 amide bonds. The summed E-state index contributed by atoms with van der Waals surface area (Å²) in [6.07, 6.45) is 1.20. The van der Waals surface area contributed by atoms with Gasteiger partial charge in [0.1, 0.15) is 12.4 Å². The van der Waals surface area contributed by atoms with Crippen molar-refractivity contribution in [1.29, 1.82) is 0 Å². The third-order valence-corrected chi connectivity index (χ3v) is 3.99. The van der Waals surface area contributed by atoms with Crippen LogP contribution in [0.1, 0.15) is 17.5 Å². The Hall–Kier alpha value is -1.54. The number of methoxy groups -OCH3 is 1. The van der Waals surface area contributed by atoms with Crippen molar-refractivity contribution < 1.29 is 9.84 Å². The number of likely N-dealkylation sites (N-methyl/N-ethyl adjacent to an activating group) is 1. The molecule has 4 nitrogen and oxygen atoms in total. The molecule has 114 valence electrons. The first-order valence-electron chi connectivity index (χ1n) is 7.29. The molecule has 1 aromatic carbocycles. The van der Waals surface area contributed by atoms with Gasteiger partial charge in [-0.2, -0.15) is 0 Å². The van der Waals surface area contributed by atoms with Gasteiger partial charge in [-0.1, -0.05) is 11.8 Å². The molecule has 1 saturated heterocycles. The number of benzene rings is 1. The average Bonchev–Trinajstić information content (AvgIpc) is 2.94. The summed E-state index contributed by atoms with van der Waals surface area (Å²) in [6, 6.07) is 6.56.